The second-order valence-electron chi connectivity index (χ2n) is 6.06. The number of nitrogens with zero attached hydrogens (tertiary/aromatic N) is 1. The van der Waals surface area contributed by atoms with E-state index in [1.807, 2.05) is 24.3 Å². The van der Waals surface area contributed by atoms with Gasteiger partial charge in [-0.2, -0.15) is 0 Å². The van der Waals surface area contributed by atoms with Crippen LogP contribution in [0, 0.1) is 5.82 Å². The van der Waals surface area contributed by atoms with Gasteiger partial charge in [-0.05, 0) is 75.6 Å². The molecule has 4 rings (SSSR count). The van der Waals surface area contributed by atoms with Crippen LogP contribution in [0.5, 0.6) is 11.5 Å². The van der Waals surface area contributed by atoms with Gasteiger partial charge in [0.25, 0.3) is 0 Å². The monoisotopic (exact) mass is 443 g/mol. The maximum absolute atomic E-state index is 13.7. The standard InChI is InChI=1S/C21H12BrClFNO2/c22-16-8-13(11-1-4-14(26)5-2-11)7-15-17(23)10-19(25-21(15)16)12-3-6-20(27)18(24)9-12/h1-10,26-27H. The Morgan fingerprint density at radius 1 is 0.852 bits per heavy atom. The van der Waals surface area contributed by atoms with E-state index in [-0.39, 0.29) is 5.75 Å². The quantitative estimate of drug-likeness (QED) is 0.369. The molecule has 0 aliphatic carbocycles. The van der Waals surface area contributed by atoms with Gasteiger partial charge in [-0.3, -0.25) is 0 Å². The highest BCUT2D eigenvalue weighted by Gasteiger charge is 2.13. The summed E-state index contributed by atoms with van der Waals surface area (Å²) in [5.41, 5.74) is 3.51. The molecule has 134 valence electrons. The molecule has 0 saturated heterocycles. The predicted molar refractivity (Wildman–Crippen MR) is 109 cm³/mol. The summed E-state index contributed by atoms with van der Waals surface area (Å²) in [7, 11) is 0. The molecule has 0 atom stereocenters. The number of hydrogen-bond acceptors (Lipinski definition) is 3. The molecule has 2 N–H and O–H groups in total. The summed E-state index contributed by atoms with van der Waals surface area (Å²) in [6.45, 7) is 0. The number of phenols is 2. The van der Waals surface area contributed by atoms with Gasteiger partial charge in [-0.25, -0.2) is 9.37 Å². The lowest BCUT2D eigenvalue weighted by Crippen LogP contribution is -1.90. The van der Waals surface area contributed by atoms with Crippen molar-refractivity contribution in [2.24, 2.45) is 0 Å². The fraction of sp³-hybridized carbons (Fsp3) is 0. The molecule has 1 aromatic heterocycles. The summed E-state index contributed by atoms with van der Waals surface area (Å²) in [5, 5.41) is 20.1. The van der Waals surface area contributed by atoms with Crippen molar-refractivity contribution in [3.63, 3.8) is 0 Å². The van der Waals surface area contributed by atoms with Gasteiger partial charge in [0.2, 0.25) is 0 Å². The molecule has 0 spiro atoms. The first-order valence-electron chi connectivity index (χ1n) is 8.00. The highest BCUT2D eigenvalue weighted by atomic mass is 79.9. The van der Waals surface area contributed by atoms with Crippen LogP contribution in [0.4, 0.5) is 4.39 Å². The van der Waals surface area contributed by atoms with E-state index in [0.29, 0.717) is 21.8 Å². The minimum atomic E-state index is -0.715. The number of benzene rings is 3. The summed E-state index contributed by atoms with van der Waals surface area (Å²) in [4.78, 5) is 4.61. The molecule has 3 nitrogen and oxygen atoms in total. The van der Waals surface area contributed by atoms with Gasteiger partial charge in [0.15, 0.2) is 11.6 Å². The SMILES string of the molecule is Oc1ccc(-c2cc(Br)c3nc(-c4ccc(O)c(F)c4)cc(Cl)c3c2)cc1. The van der Waals surface area contributed by atoms with E-state index in [0.717, 1.165) is 21.0 Å². The minimum absolute atomic E-state index is 0.198. The molecule has 0 aliphatic heterocycles. The number of aromatic nitrogens is 1. The zero-order chi connectivity index (χ0) is 19.1. The average Bonchev–Trinajstić information content (AvgIpc) is 2.65. The van der Waals surface area contributed by atoms with Crippen molar-refractivity contribution in [1.29, 1.82) is 0 Å². The number of aromatic hydroxyl groups is 2. The molecular formula is C21H12BrClFNO2. The number of fused-ring (bicyclic) bond motifs is 1. The summed E-state index contributed by atoms with van der Waals surface area (Å²) in [6.07, 6.45) is 0. The van der Waals surface area contributed by atoms with Crippen LogP contribution < -0.4 is 0 Å². The zero-order valence-corrected chi connectivity index (χ0v) is 16.1. The summed E-state index contributed by atoms with van der Waals surface area (Å²) in [5.74, 6) is -0.929. The molecule has 0 amide bonds. The van der Waals surface area contributed by atoms with Crippen LogP contribution in [0.2, 0.25) is 5.02 Å². The number of rotatable bonds is 2. The van der Waals surface area contributed by atoms with Gasteiger partial charge < -0.3 is 10.2 Å². The van der Waals surface area contributed by atoms with E-state index >= 15 is 0 Å². The molecule has 0 saturated carbocycles. The first-order chi connectivity index (χ1) is 12.9. The number of phenolic OH excluding ortho intramolecular Hbond substituents is 2. The van der Waals surface area contributed by atoms with Gasteiger partial charge in [-0.15, -0.1) is 0 Å². The van der Waals surface area contributed by atoms with Crippen molar-refractivity contribution < 1.29 is 14.6 Å². The molecule has 27 heavy (non-hydrogen) atoms. The van der Waals surface area contributed by atoms with Crippen molar-refractivity contribution in [1.82, 2.24) is 4.98 Å². The Kier molecular flexibility index (Phi) is 4.50. The topological polar surface area (TPSA) is 53.4 Å². The van der Waals surface area contributed by atoms with Crippen LogP contribution in [0.15, 0.2) is 65.1 Å². The van der Waals surface area contributed by atoms with Gasteiger partial charge >= 0.3 is 0 Å². The molecule has 0 aliphatic rings. The first-order valence-corrected chi connectivity index (χ1v) is 9.17. The van der Waals surface area contributed by atoms with E-state index < -0.39 is 11.6 Å². The minimum Gasteiger partial charge on any atom is -0.508 e. The van der Waals surface area contributed by atoms with Crippen molar-refractivity contribution >= 4 is 38.4 Å². The predicted octanol–water partition coefficient (Wildman–Crippen LogP) is 6.54. The Hall–Kier alpha value is -2.63. The molecule has 4 aromatic rings. The number of hydrogen-bond donors (Lipinski definition) is 2. The number of pyridine rings is 1. The van der Waals surface area contributed by atoms with E-state index in [1.165, 1.54) is 12.1 Å². The smallest absolute Gasteiger partial charge is 0.165 e. The molecule has 0 radical (unpaired) electrons. The Bertz CT molecular complexity index is 1180. The third-order valence-electron chi connectivity index (χ3n) is 4.26. The molecule has 1 heterocycles. The largest absolute Gasteiger partial charge is 0.508 e. The maximum Gasteiger partial charge on any atom is 0.165 e. The van der Waals surface area contributed by atoms with Crippen LogP contribution in [0.3, 0.4) is 0 Å². The lowest BCUT2D eigenvalue weighted by Gasteiger charge is -2.10. The molecule has 3 aromatic carbocycles. The van der Waals surface area contributed by atoms with Gasteiger partial charge in [0, 0.05) is 15.4 Å². The molecular weight excluding hydrogens is 433 g/mol. The van der Waals surface area contributed by atoms with Crippen molar-refractivity contribution in [2.45, 2.75) is 0 Å². The van der Waals surface area contributed by atoms with Crippen molar-refractivity contribution in [3.05, 3.63) is 76.0 Å². The normalized spacial score (nSPS) is 11.1. The Labute approximate surface area is 167 Å². The fourth-order valence-corrected chi connectivity index (χ4v) is 3.68. The van der Waals surface area contributed by atoms with Gasteiger partial charge in [-0.1, -0.05) is 23.7 Å². The Balaban J connectivity index is 1.88. The van der Waals surface area contributed by atoms with Crippen LogP contribution in [0.25, 0.3) is 33.3 Å². The van der Waals surface area contributed by atoms with Gasteiger partial charge in [0.1, 0.15) is 5.75 Å². The summed E-state index contributed by atoms with van der Waals surface area (Å²) in [6, 6.07) is 16.5. The highest BCUT2D eigenvalue weighted by molar-refractivity contribution is 9.10. The number of halogens is 3. The lowest BCUT2D eigenvalue weighted by atomic mass is 10.0. The van der Waals surface area contributed by atoms with E-state index in [9.17, 15) is 14.6 Å². The van der Waals surface area contributed by atoms with E-state index in [4.69, 9.17) is 11.6 Å². The zero-order valence-electron chi connectivity index (χ0n) is 13.7. The van der Waals surface area contributed by atoms with E-state index in [1.54, 1.807) is 24.3 Å². The third-order valence-corrected chi connectivity index (χ3v) is 5.18. The Morgan fingerprint density at radius 2 is 1.56 bits per heavy atom. The first kappa shape index (κ1) is 17.8. The summed E-state index contributed by atoms with van der Waals surface area (Å²) < 4.78 is 14.4. The van der Waals surface area contributed by atoms with Crippen LogP contribution >= 0.6 is 27.5 Å². The molecule has 0 bridgehead atoms. The average molecular weight is 445 g/mol. The van der Waals surface area contributed by atoms with Crippen molar-refractivity contribution in [2.75, 3.05) is 0 Å². The Morgan fingerprint density at radius 3 is 2.26 bits per heavy atom. The maximum atomic E-state index is 13.7. The third kappa shape index (κ3) is 3.36. The second-order valence-corrected chi connectivity index (χ2v) is 7.32. The van der Waals surface area contributed by atoms with Crippen LogP contribution in [0.1, 0.15) is 0 Å². The fourth-order valence-electron chi connectivity index (χ4n) is 2.88. The van der Waals surface area contributed by atoms with Gasteiger partial charge in [0.05, 0.1) is 16.2 Å². The second kappa shape index (κ2) is 6.83. The molecule has 0 fully saturated rings. The van der Waals surface area contributed by atoms with Crippen LogP contribution in [-0.4, -0.2) is 15.2 Å². The highest BCUT2D eigenvalue weighted by Crippen LogP contribution is 2.36. The molecule has 0 unspecified atom stereocenters. The van der Waals surface area contributed by atoms with Crippen LogP contribution in [-0.2, 0) is 0 Å². The van der Waals surface area contributed by atoms with Crippen molar-refractivity contribution in [3.8, 4) is 33.9 Å². The van der Waals surface area contributed by atoms with E-state index in [2.05, 4.69) is 20.9 Å². The molecule has 6 heteroatoms. The summed E-state index contributed by atoms with van der Waals surface area (Å²) >= 11 is 10.0. The lowest BCUT2D eigenvalue weighted by molar-refractivity contribution is 0.432.